The molecule has 136 valence electrons. The maximum absolute atomic E-state index is 12.4. The van der Waals surface area contributed by atoms with Gasteiger partial charge < -0.3 is 4.90 Å². The topological polar surface area (TPSA) is 38.1 Å². The van der Waals surface area contributed by atoms with Crippen LogP contribution in [0.1, 0.15) is 29.7 Å². The molecule has 6 heteroatoms. The average Bonchev–Trinajstić information content (AvgIpc) is 2.89. The number of carbonyl (C=O) groups is 1. The van der Waals surface area contributed by atoms with Gasteiger partial charge in [0.25, 0.3) is 0 Å². The van der Waals surface area contributed by atoms with Crippen molar-refractivity contribution in [2.45, 2.75) is 26.3 Å². The van der Waals surface area contributed by atoms with Gasteiger partial charge in [0.15, 0.2) is 0 Å². The van der Waals surface area contributed by atoms with E-state index < -0.39 is 0 Å². The van der Waals surface area contributed by atoms with Crippen LogP contribution in [0.3, 0.4) is 0 Å². The third-order valence-corrected chi connectivity index (χ3v) is 5.18. The second-order valence-corrected chi connectivity index (χ2v) is 7.28. The van der Waals surface area contributed by atoms with Crippen LogP contribution in [-0.2, 0) is 11.3 Å². The van der Waals surface area contributed by atoms with Gasteiger partial charge in [-0.05, 0) is 43.5 Å². The molecule has 1 aromatic heterocycles. The molecule has 0 N–H and O–H groups in total. The lowest BCUT2D eigenvalue weighted by atomic mass is 10.1. The molecule has 26 heavy (non-hydrogen) atoms. The predicted octanol–water partition coefficient (Wildman–Crippen LogP) is 4.74. The van der Waals surface area contributed by atoms with E-state index in [4.69, 9.17) is 23.2 Å². The Bertz CT molecular complexity index is 843. The first-order valence-electron chi connectivity index (χ1n) is 8.55. The van der Waals surface area contributed by atoms with E-state index in [0.717, 1.165) is 42.8 Å². The molecule has 0 unspecified atom stereocenters. The quantitative estimate of drug-likeness (QED) is 0.559. The molecule has 1 aromatic carbocycles. The molecule has 0 aliphatic carbocycles. The number of carbonyl (C=O) groups excluding carboxylic acids is 1. The number of benzene rings is 1. The number of piperidine rings is 1. The van der Waals surface area contributed by atoms with Gasteiger partial charge in [0, 0.05) is 29.8 Å². The molecule has 4 nitrogen and oxygen atoms in total. The van der Waals surface area contributed by atoms with Crippen LogP contribution in [-0.4, -0.2) is 33.7 Å². The summed E-state index contributed by atoms with van der Waals surface area (Å²) in [6.07, 6.45) is 5.09. The lowest BCUT2D eigenvalue weighted by molar-refractivity contribution is -0.126. The fourth-order valence-corrected chi connectivity index (χ4v) is 3.35. The van der Waals surface area contributed by atoms with E-state index in [9.17, 15) is 4.79 Å². The van der Waals surface area contributed by atoms with Gasteiger partial charge in [-0.15, -0.1) is 0 Å². The molecule has 1 fully saturated rings. The smallest absolute Gasteiger partial charge is 0.246 e. The molecule has 0 bridgehead atoms. The Morgan fingerprint density at radius 2 is 1.88 bits per heavy atom. The number of likely N-dealkylation sites (tertiary alicyclic amines) is 1. The van der Waals surface area contributed by atoms with Crippen molar-refractivity contribution in [1.82, 2.24) is 14.7 Å². The van der Waals surface area contributed by atoms with Crippen molar-refractivity contribution < 1.29 is 4.79 Å². The third-order valence-electron chi connectivity index (χ3n) is 4.53. The van der Waals surface area contributed by atoms with Gasteiger partial charge in [-0.25, -0.2) is 4.68 Å². The lowest BCUT2D eigenvalue weighted by Crippen LogP contribution is -2.34. The number of aryl methyl sites for hydroxylation is 1. The highest BCUT2D eigenvalue weighted by molar-refractivity contribution is 6.31. The Labute approximate surface area is 163 Å². The Morgan fingerprint density at radius 3 is 2.54 bits per heavy atom. The zero-order valence-corrected chi connectivity index (χ0v) is 16.2. The summed E-state index contributed by atoms with van der Waals surface area (Å²) in [5.74, 6) is -0.00146. The molecule has 1 aliphatic heterocycles. The number of nitrogens with zero attached hydrogens (tertiary/aromatic N) is 3. The summed E-state index contributed by atoms with van der Waals surface area (Å²) < 4.78 is 1.73. The molecule has 2 aromatic rings. The van der Waals surface area contributed by atoms with E-state index in [2.05, 4.69) is 11.7 Å². The normalized spacial score (nSPS) is 15.0. The number of aromatic nitrogens is 2. The van der Waals surface area contributed by atoms with Crippen molar-refractivity contribution in [3.63, 3.8) is 0 Å². The van der Waals surface area contributed by atoms with Crippen molar-refractivity contribution in [3.05, 3.63) is 69.5 Å². The number of hydrogen-bond acceptors (Lipinski definition) is 2. The van der Waals surface area contributed by atoms with Gasteiger partial charge in [0.2, 0.25) is 5.91 Å². The van der Waals surface area contributed by atoms with E-state index >= 15 is 0 Å². The molecule has 1 amide bonds. The minimum absolute atomic E-state index is 0.00146. The highest BCUT2D eigenvalue weighted by Gasteiger charge is 2.17. The molecule has 1 aliphatic rings. The van der Waals surface area contributed by atoms with E-state index in [0.29, 0.717) is 16.7 Å². The summed E-state index contributed by atoms with van der Waals surface area (Å²) in [7, 11) is 0. The van der Waals surface area contributed by atoms with Crippen molar-refractivity contribution in [2.75, 3.05) is 13.1 Å². The summed E-state index contributed by atoms with van der Waals surface area (Å²) in [4.78, 5) is 14.2. The first kappa shape index (κ1) is 18.7. The van der Waals surface area contributed by atoms with Crippen molar-refractivity contribution in [2.24, 2.45) is 0 Å². The summed E-state index contributed by atoms with van der Waals surface area (Å²) in [5, 5.41) is 5.71. The van der Waals surface area contributed by atoms with Crippen molar-refractivity contribution >= 4 is 35.2 Å². The fraction of sp³-hybridized carbons (Fsp3) is 0.300. The van der Waals surface area contributed by atoms with Crippen molar-refractivity contribution in [3.8, 4) is 0 Å². The van der Waals surface area contributed by atoms with E-state index in [1.54, 1.807) is 16.8 Å². The van der Waals surface area contributed by atoms with Crippen LogP contribution in [0.15, 0.2) is 42.5 Å². The minimum Gasteiger partial charge on any atom is -0.339 e. The van der Waals surface area contributed by atoms with Gasteiger partial charge in [-0.1, -0.05) is 47.5 Å². The summed E-state index contributed by atoms with van der Waals surface area (Å²) in [6.45, 7) is 7.86. The molecule has 0 spiro atoms. The summed E-state index contributed by atoms with van der Waals surface area (Å²) in [6, 6.07) is 7.57. The van der Waals surface area contributed by atoms with Crippen LogP contribution in [0.2, 0.25) is 10.2 Å². The first-order chi connectivity index (χ1) is 12.4. The Morgan fingerprint density at radius 1 is 1.23 bits per heavy atom. The Hall–Kier alpha value is -2.04. The Kier molecular flexibility index (Phi) is 5.84. The molecule has 1 saturated heterocycles. The van der Waals surface area contributed by atoms with Crippen LogP contribution < -0.4 is 0 Å². The Balaban J connectivity index is 1.72. The van der Waals surface area contributed by atoms with E-state index in [1.807, 2.05) is 36.1 Å². The zero-order chi connectivity index (χ0) is 18.7. The molecule has 3 rings (SSSR count). The van der Waals surface area contributed by atoms with E-state index in [1.165, 1.54) is 5.57 Å². The molecule has 0 atom stereocenters. The summed E-state index contributed by atoms with van der Waals surface area (Å²) >= 11 is 12.4. The zero-order valence-electron chi connectivity index (χ0n) is 14.7. The molecular formula is C20H21Cl2N3O. The van der Waals surface area contributed by atoms with Crippen LogP contribution in [0.5, 0.6) is 0 Å². The standard InChI is InChI=1S/C20H21Cl2N3O/c1-14-9-11-24(12-10-14)19(26)8-7-18-15(2)23-25(20(18)22)13-16-3-5-17(21)6-4-16/h3-8H,1,9-13H2,2H3/b8-7+. The van der Waals surface area contributed by atoms with Gasteiger partial charge in [0.1, 0.15) is 5.15 Å². The van der Waals surface area contributed by atoms with Gasteiger partial charge in [0.05, 0.1) is 12.2 Å². The van der Waals surface area contributed by atoms with Gasteiger partial charge in [-0.3, -0.25) is 4.79 Å². The number of rotatable bonds is 4. The lowest BCUT2D eigenvalue weighted by Gasteiger charge is -2.26. The molecular weight excluding hydrogens is 369 g/mol. The fourth-order valence-electron chi connectivity index (χ4n) is 2.93. The first-order valence-corrected chi connectivity index (χ1v) is 9.30. The third kappa shape index (κ3) is 4.37. The highest BCUT2D eigenvalue weighted by atomic mass is 35.5. The number of amides is 1. The predicted molar refractivity (Wildman–Crippen MR) is 107 cm³/mol. The maximum Gasteiger partial charge on any atom is 0.246 e. The van der Waals surface area contributed by atoms with Gasteiger partial charge in [-0.2, -0.15) is 5.10 Å². The summed E-state index contributed by atoms with van der Waals surface area (Å²) in [5.41, 5.74) is 3.83. The van der Waals surface area contributed by atoms with Crippen molar-refractivity contribution in [1.29, 1.82) is 0 Å². The van der Waals surface area contributed by atoms with Crippen LogP contribution >= 0.6 is 23.2 Å². The number of halogens is 2. The van der Waals surface area contributed by atoms with E-state index in [-0.39, 0.29) is 5.91 Å². The largest absolute Gasteiger partial charge is 0.339 e. The molecule has 0 radical (unpaired) electrons. The van der Waals surface area contributed by atoms with Crippen LogP contribution in [0.4, 0.5) is 0 Å². The van der Waals surface area contributed by atoms with Gasteiger partial charge >= 0.3 is 0 Å². The van der Waals surface area contributed by atoms with Crippen LogP contribution in [0, 0.1) is 6.92 Å². The molecule has 0 saturated carbocycles. The highest BCUT2D eigenvalue weighted by Crippen LogP contribution is 2.23. The van der Waals surface area contributed by atoms with Crippen LogP contribution in [0.25, 0.3) is 6.08 Å². The minimum atomic E-state index is -0.00146. The second kappa shape index (κ2) is 8.11. The second-order valence-electron chi connectivity index (χ2n) is 6.48. The number of hydrogen-bond donors (Lipinski definition) is 0. The molecule has 2 heterocycles. The maximum atomic E-state index is 12.4. The monoisotopic (exact) mass is 389 g/mol. The average molecular weight is 390 g/mol. The SMILES string of the molecule is C=C1CCN(C(=O)/C=C/c2c(C)nn(Cc3ccc(Cl)cc3)c2Cl)CC1.